The van der Waals surface area contributed by atoms with E-state index in [0.717, 1.165) is 5.01 Å². The van der Waals surface area contributed by atoms with E-state index in [0.29, 0.717) is 15.7 Å². The summed E-state index contributed by atoms with van der Waals surface area (Å²) in [6.45, 7) is 9.83. The van der Waals surface area contributed by atoms with E-state index in [-0.39, 0.29) is 23.1 Å². The van der Waals surface area contributed by atoms with Crippen LogP contribution >= 0.6 is 22.9 Å². The van der Waals surface area contributed by atoms with Gasteiger partial charge in [0.25, 0.3) is 5.91 Å². The van der Waals surface area contributed by atoms with Gasteiger partial charge in [-0.2, -0.15) is 0 Å². The molecule has 0 saturated carbocycles. The van der Waals surface area contributed by atoms with Crippen LogP contribution < -0.4 is 10.6 Å². The molecule has 1 atom stereocenters. The number of aromatic nitrogens is 2. The second-order valence-electron chi connectivity index (χ2n) is 7.35. The van der Waals surface area contributed by atoms with E-state index >= 15 is 0 Å². The highest BCUT2D eigenvalue weighted by Gasteiger charge is 2.26. The van der Waals surface area contributed by atoms with Crippen LogP contribution in [-0.4, -0.2) is 28.1 Å². The summed E-state index contributed by atoms with van der Waals surface area (Å²) in [4.78, 5) is 25.0. The molecule has 1 unspecified atom stereocenters. The number of carbonyl (C=O) groups excluding carboxylic acids is 2. The summed E-state index contributed by atoms with van der Waals surface area (Å²) in [6, 6.07) is 5.81. The summed E-state index contributed by atoms with van der Waals surface area (Å²) >= 11 is 7.17. The Bertz CT molecular complexity index is 781. The summed E-state index contributed by atoms with van der Waals surface area (Å²) in [5.41, 5.74) is 0.305. The molecular formula is C18H23ClN4O2S. The summed E-state index contributed by atoms with van der Waals surface area (Å²) in [5.74, 6) is -0.747. The lowest BCUT2D eigenvalue weighted by Gasteiger charge is -2.21. The Hall–Kier alpha value is -1.99. The van der Waals surface area contributed by atoms with Crippen molar-refractivity contribution in [2.75, 3.05) is 5.32 Å². The fraction of sp³-hybridized carbons (Fsp3) is 0.444. The third kappa shape index (κ3) is 5.25. The number of hydrogen-bond acceptors (Lipinski definition) is 5. The average Bonchev–Trinajstić information content (AvgIpc) is 3.01. The number of benzene rings is 1. The van der Waals surface area contributed by atoms with Gasteiger partial charge in [0.1, 0.15) is 11.0 Å². The Balaban J connectivity index is 2.08. The second-order valence-corrected chi connectivity index (χ2v) is 8.77. The van der Waals surface area contributed by atoms with Gasteiger partial charge in [-0.1, -0.05) is 57.6 Å². The lowest BCUT2D eigenvalue weighted by molar-refractivity contribution is -0.118. The molecule has 0 fully saturated rings. The van der Waals surface area contributed by atoms with Crippen molar-refractivity contribution >= 4 is 39.9 Å². The molecule has 1 aromatic carbocycles. The molecule has 140 valence electrons. The maximum atomic E-state index is 12.6. The molecule has 0 bridgehead atoms. The van der Waals surface area contributed by atoms with Gasteiger partial charge >= 0.3 is 0 Å². The molecule has 1 aromatic heterocycles. The number of anilines is 1. The molecule has 8 heteroatoms. The van der Waals surface area contributed by atoms with Gasteiger partial charge < -0.3 is 5.32 Å². The van der Waals surface area contributed by atoms with Crippen molar-refractivity contribution in [1.29, 1.82) is 0 Å². The maximum Gasteiger partial charge on any atom is 0.251 e. The fourth-order valence-corrected chi connectivity index (χ4v) is 3.05. The first-order valence-corrected chi connectivity index (χ1v) is 9.48. The maximum absolute atomic E-state index is 12.6. The molecule has 1 heterocycles. The van der Waals surface area contributed by atoms with Gasteiger partial charge in [-0.3, -0.25) is 14.9 Å². The summed E-state index contributed by atoms with van der Waals surface area (Å²) < 4.78 is 0. The predicted molar refractivity (Wildman–Crippen MR) is 105 cm³/mol. The first-order chi connectivity index (χ1) is 12.1. The second kappa shape index (κ2) is 8.14. The van der Waals surface area contributed by atoms with Crippen LogP contribution in [-0.2, 0) is 10.2 Å². The monoisotopic (exact) mass is 394 g/mol. The van der Waals surface area contributed by atoms with Crippen LogP contribution in [0.25, 0.3) is 0 Å². The third-order valence-electron chi connectivity index (χ3n) is 3.64. The van der Waals surface area contributed by atoms with E-state index < -0.39 is 6.04 Å². The highest BCUT2D eigenvalue weighted by atomic mass is 35.5. The molecule has 2 amide bonds. The van der Waals surface area contributed by atoms with E-state index in [1.54, 1.807) is 24.3 Å². The van der Waals surface area contributed by atoms with Gasteiger partial charge in [0.15, 0.2) is 0 Å². The van der Waals surface area contributed by atoms with Gasteiger partial charge in [0.05, 0.1) is 0 Å². The smallest absolute Gasteiger partial charge is 0.251 e. The Kier molecular flexibility index (Phi) is 6.36. The molecule has 2 aromatic rings. The van der Waals surface area contributed by atoms with Crippen molar-refractivity contribution in [3.63, 3.8) is 0 Å². The normalized spacial score (nSPS) is 12.7. The highest BCUT2D eigenvalue weighted by Crippen LogP contribution is 2.27. The molecule has 0 spiro atoms. The Morgan fingerprint density at radius 1 is 1.12 bits per heavy atom. The number of nitrogens with one attached hydrogen (secondary N) is 2. The van der Waals surface area contributed by atoms with E-state index in [4.69, 9.17) is 11.6 Å². The zero-order valence-electron chi connectivity index (χ0n) is 15.5. The molecule has 0 radical (unpaired) electrons. The number of halogens is 1. The van der Waals surface area contributed by atoms with Gasteiger partial charge in [-0.05, 0) is 30.2 Å². The molecule has 2 rings (SSSR count). The van der Waals surface area contributed by atoms with Crippen LogP contribution in [0.3, 0.4) is 0 Å². The Morgan fingerprint density at radius 3 is 2.23 bits per heavy atom. The van der Waals surface area contributed by atoms with Crippen LogP contribution in [0.2, 0.25) is 5.02 Å². The van der Waals surface area contributed by atoms with Gasteiger partial charge in [0.2, 0.25) is 11.0 Å². The fourth-order valence-electron chi connectivity index (χ4n) is 2.12. The first kappa shape index (κ1) is 20.3. The summed E-state index contributed by atoms with van der Waals surface area (Å²) in [5, 5.41) is 15.5. The van der Waals surface area contributed by atoms with Crippen molar-refractivity contribution in [2.24, 2.45) is 5.92 Å². The van der Waals surface area contributed by atoms with Crippen molar-refractivity contribution < 1.29 is 9.59 Å². The molecule has 26 heavy (non-hydrogen) atoms. The number of hydrogen-bond donors (Lipinski definition) is 2. The predicted octanol–water partition coefficient (Wildman–Crippen LogP) is 3.88. The number of carbonyl (C=O) groups is 2. The molecular weight excluding hydrogens is 372 g/mol. The lowest BCUT2D eigenvalue weighted by Crippen LogP contribution is -2.47. The van der Waals surface area contributed by atoms with E-state index in [1.165, 1.54) is 11.3 Å². The van der Waals surface area contributed by atoms with Crippen molar-refractivity contribution in [2.45, 2.75) is 46.1 Å². The van der Waals surface area contributed by atoms with E-state index in [2.05, 4.69) is 20.8 Å². The topological polar surface area (TPSA) is 84.0 Å². The van der Waals surface area contributed by atoms with Gasteiger partial charge in [-0.25, -0.2) is 0 Å². The Morgan fingerprint density at radius 2 is 1.73 bits per heavy atom. The molecule has 0 aliphatic rings. The van der Waals surface area contributed by atoms with Crippen LogP contribution in [0.5, 0.6) is 0 Å². The molecule has 6 nitrogen and oxygen atoms in total. The number of nitrogens with zero attached hydrogens (tertiary/aromatic N) is 2. The average molecular weight is 395 g/mol. The van der Waals surface area contributed by atoms with Crippen LogP contribution in [0, 0.1) is 5.92 Å². The number of rotatable bonds is 5. The molecule has 0 aliphatic heterocycles. The lowest BCUT2D eigenvalue weighted by atomic mass is 9.98. The van der Waals surface area contributed by atoms with E-state index in [1.807, 2.05) is 34.6 Å². The molecule has 0 aliphatic carbocycles. The quantitative estimate of drug-likeness (QED) is 0.805. The van der Waals surface area contributed by atoms with Gasteiger partial charge in [-0.15, -0.1) is 10.2 Å². The third-order valence-corrected chi connectivity index (χ3v) is 5.16. The largest absolute Gasteiger partial charge is 0.340 e. The zero-order valence-corrected chi connectivity index (χ0v) is 17.0. The summed E-state index contributed by atoms with van der Waals surface area (Å²) in [6.07, 6.45) is 0. The zero-order chi connectivity index (χ0) is 19.5. The number of amides is 2. The SMILES string of the molecule is CC(C)C(NC(=O)c1ccc(Cl)cc1)C(=O)Nc1nnc(C(C)(C)C)s1. The van der Waals surface area contributed by atoms with Crippen molar-refractivity contribution in [3.05, 3.63) is 39.9 Å². The van der Waals surface area contributed by atoms with Crippen molar-refractivity contribution in [3.8, 4) is 0 Å². The standard InChI is InChI=1S/C18H23ClN4O2S/c1-10(2)13(20-14(24)11-6-8-12(19)9-7-11)15(25)21-17-23-22-16(26-17)18(3,4)5/h6-10,13H,1-5H3,(H,20,24)(H,21,23,25). The first-order valence-electron chi connectivity index (χ1n) is 8.29. The summed E-state index contributed by atoms with van der Waals surface area (Å²) in [7, 11) is 0. The highest BCUT2D eigenvalue weighted by molar-refractivity contribution is 7.15. The molecule has 2 N–H and O–H groups in total. The minimum absolute atomic E-state index is 0.0961. The van der Waals surface area contributed by atoms with E-state index in [9.17, 15) is 9.59 Å². The minimum atomic E-state index is -0.694. The van der Waals surface area contributed by atoms with Crippen LogP contribution in [0.1, 0.15) is 50.0 Å². The van der Waals surface area contributed by atoms with Crippen molar-refractivity contribution in [1.82, 2.24) is 15.5 Å². The molecule has 0 saturated heterocycles. The minimum Gasteiger partial charge on any atom is -0.340 e. The van der Waals surface area contributed by atoms with Crippen LogP contribution in [0.4, 0.5) is 5.13 Å². The van der Waals surface area contributed by atoms with Gasteiger partial charge in [0, 0.05) is 16.0 Å². The van der Waals surface area contributed by atoms with Crippen LogP contribution in [0.15, 0.2) is 24.3 Å². The Labute approximate surface area is 162 Å².